The molecule has 7 nitrogen and oxygen atoms in total. The number of carboxylic acid groups (broad SMARTS) is 2. The number of aliphatic carboxylic acids is 2. The predicted octanol–water partition coefficient (Wildman–Crippen LogP) is 0.143. The van der Waals surface area contributed by atoms with Crippen LogP contribution in [0.5, 0.6) is 0 Å². The summed E-state index contributed by atoms with van der Waals surface area (Å²) in [6.07, 6.45) is -0.0955. The zero-order valence-electron chi connectivity index (χ0n) is 8.70. The number of benzene rings is 1. The number of carboxylic acids is 2. The molecule has 17 heavy (non-hydrogen) atoms. The highest BCUT2D eigenvalue weighted by Crippen LogP contribution is 2.12. The SMILES string of the molecule is O=C(O)Cc1ccc2nn(CC(=O)O)nc2c1. The molecular formula is C10H9N3O4. The lowest BCUT2D eigenvalue weighted by atomic mass is 10.1. The van der Waals surface area contributed by atoms with Crippen molar-refractivity contribution >= 4 is 23.0 Å². The highest BCUT2D eigenvalue weighted by molar-refractivity contribution is 5.77. The Hall–Kier alpha value is -2.44. The van der Waals surface area contributed by atoms with Gasteiger partial charge in [-0.1, -0.05) is 6.07 Å². The molecule has 0 amide bonds. The van der Waals surface area contributed by atoms with Crippen LogP contribution in [-0.2, 0) is 22.6 Å². The van der Waals surface area contributed by atoms with Gasteiger partial charge in [-0.3, -0.25) is 9.59 Å². The second-order valence-electron chi connectivity index (χ2n) is 3.52. The smallest absolute Gasteiger partial charge is 0.327 e. The fourth-order valence-corrected chi connectivity index (χ4v) is 1.48. The van der Waals surface area contributed by atoms with Gasteiger partial charge in [-0.15, -0.1) is 0 Å². The zero-order valence-corrected chi connectivity index (χ0v) is 8.70. The molecule has 2 aromatic rings. The summed E-state index contributed by atoms with van der Waals surface area (Å²) in [4.78, 5) is 22.1. The van der Waals surface area contributed by atoms with Crippen LogP contribution in [0.25, 0.3) is 11.0 Å². The summed E-state index contributed by atoms with van der Waals surface area (Å²) in [6, 6.07) is 4.85. The normalized spacial score (nSPS) is 10.6. The summed E-state index contributed by atoms with van der Waals surface area (Å²) >= 11 is 0. The molecule has 0 fully saturated rings. The van der Waals surface area contributed by atoms with E-state index >= 15 is 0 Å². The molecule has 0 aliphatic heterocycles. The van der Waals surface area contributed by atoms with Gasteiger partial charge in [-0.2, -0.15) is 15.0 Å². The Bertz CT molecular complexity index is 576. The van der Waals surface area contributed by atoms with Gasteiger partial charge in [0, 0.05) is 0 Å². The van der Waals surface area contributed by atoms with E-state index in [4.69, 9.17) is 10.2 Å². The van der Waals surface area contributed by atoms with Gasteiger partial charge in [0.1, 0.15) is 11.0 Å². The molecule has 1 aromatic heterocycles. The Morgan fingerprint density at radius 2 is 1.82 bits per heavy atom. The first-order valence-electron chi connectivity index (χ1n) is 4.82. The van der Waals surface area contributed by atoms with Crippen molar-refractivity contribution in [2.45, 2.75) is 13.0 Å². The summed E-state index contributed by atoms with van der Waals surface area (Å²) in [5.74, 6) is -1.96. The van der Waals surface area contributed by atoms with Crippen LogP contribution in [0.4, 0.5) is 0 Å². The molecule has 1 aromatic carbocycles. The maximum Gasteiger partial charge on any atom is 0.327 e. The summed E-state index contributed by atoms with van der Waals surface area (Å²) in [5, 5.41) is 25.1. The number of carbonyl (C=O) groups is 2. The zero-order chi connectivity index (χ0) is 12.4. The Morgan fingerprint density at radius 1 is 1.12 bits per heavy atom. The Labute approximate surface area is 95.3 Å². The molecule has 0 radical (unpaired) electrons. The molecular weight excluding hydrogens is 226 g/mol. The van der Waals surface area contributed by atoms with Gasteiger partial charge in [0.25, 0.3) is 0 Å². The van der Waals surface area contributed by atoms with Crippen LogP contribution in [0.3, 0.4) is 0 Å². The number of rotatable bonds is 4. The van der Waals surface area contributed by atoms with Gasteiger partial charge < -0.3 is 10.2 Å². The maximum absolute atomic E-state index is 10.5. The highest BCUT2D eigenvalue weighted by Gasteiger charge is 2.07. The third kappa shape index (κ3) is 2.57. The lowest BCUT2D eigenvalue weighted by Gasteiger charge is -1.94. The van der Waals surface area contributed by atoms with Crippen LogP contribution in [-0.4, -0.2) is 37.1 Å². The quantitative estimate of drug-likeness (QED) is 0.781. The molecule has 0 saturated carbocycles. The molecule has 0 aliphatic carbocycles. The Morgan fingerprint density at radius 3 is 2.47 bits per heavy atom. The van der Waals surface area contributed by atoms with Gasteiger partial charge in [0.2, 0.25) is 0 Å². The van der Waals surface area contributed by atoms with Crippen LogP contribution in [0.1, 0.15) is 5.56 Å². The summed E-state index contributed by atoms with van der Waals surface area (Å²) in [6.45, 7) is -0.317. The minimum atomic E-state index is -1.03. The van der Waals surface area contributed by atoms with Crippen molar-refractivity contribution in [1.29, 1.82) is 0 Å². The first-order chi connectivity index (χ1) is 8.04. The highest BCUT2D eigenvalue weighted by atomic mass is 16.4. The Kier molecular flexibility index (Phi) is 2.73. The van der Waals surface area contributed by atoms with E-state index in [0.717, 1.165) is 4.80 Å². The molecule has 0 atom stereocenters. The van der Waals surface area contributed by atoms with Crippen molar-refractivity contribution in [3.05, 3.63) is 23.8 Å². The average Bonchev–Trinajstić information content (AvgIpc) is 2.56. The van der Waals surface area contributed by atoms with Gasteiger partial charge in [0.05, 0.1) is 6.42 Å². The van der Waals surface area contributed by atoms with Crippen molar-refractivity contribution in [3.8, 4) is 0 Å². The van der Waals surface area contributed by atoms with Crippen LogP contribution >= 0.6 is 0 Å². The second-order valence-corrected chi connectivity index (χ2v) is 3.52. The molecule has 0 bridgehead atoms. The third-order valence-electron chi connectivity index (χ3n) is 2.12. The van der Waals surface area contributed by atoms with Crippen LogP contribution in [0.15, 0.2) is 18.2 Å². The predicted molar refractivity (Wildman–Crippen MR) is 56.5 cm³/mol. The topological polar surface area (TPSA) is 105 Å². The van der Waals surface area contributed by atoms with E-state index in [1.807, 2.05) is 0 Å². The lowest BCUT2D eigenvalue weighted by molar-refractivity contribution is -0.138. The van der Waals surface area contributed by atoms with Crippen molar-refractivity contribution in [1.82, 2.24) is 15.0 Å². The Balaban J connectivity index is 2.33. The first-order valence-corrected chi connectivity index (χ1v) is 4.82. The molecule has 88 valence electrons. The molecule has 1 heterocycles. The lowest BCUT2D eigenvalue weighted by Crippen LogP contribution is -2.11. The number of nitrogens with zero attached hydrogens (tertiary/aromatic N) is 3. The molecule has 0 spiro atoms. The standard InChI is InChI=1S/C10H9N3O4/c14-9(15)4-6-1-2-7-8(3-6)12-13(11-7)5-10(16)17/h1-3H,4-5H2,(H,14,15)(H,16,17). The summed E-state index contributed by atoms with van der Waals surface area (Å²) < 4.78 is 0. The fourth-order valence-electron chi connectivity index (χ4n) is 1.48. The van der Waals surface area contributed by atoms with E-state index in [0.29, 0.717) is 16.6 Å². The van der Waals surface area contributed by atoms with Crippen LogP contribution in [0.2, 0.25) is 0 Å². The van der Waals surface area contributed by atoms with E-state index in [-0.39, 0.29) is 13.0 Å². The second kappa shape index (κ2) is 4.20. The van der Waals surface area contributed by atoms with E-state index in [1.165, 1.54) is 0 Å². The van der Waals surface area contributed by atoms with Crippen molar-refractivity contribution < 1.29 is 19.8 Å². The summed E-state index contributed by atoms with van der Waals surface area (Å²) in [5.41, 5.74) is 1.64. The van der Waals surface area contributed by atoms with Gasteiger partial charge >= 0.3 is 11.9 Å². The van der Waals surface area contributed by atoms with Gasteiger partial charge in [0.15, 0.2) is 6.54 Å². The minimum Gasteiger partial charge on any atom is -0.481 e. The van der Waals surface area contributed by atoms with E-state index < -0.39 is 11.9 Å². The number of hydrogen-bond acceptors (Lipinski definition) is 4. The van der Waals surface area contributed by atoms with Crippen LogP contribution < -0.4 is 0 Å². The van der Waals surface area contributed by atoms with Crippen molar-refractivity contribution in [2.75, 3.05) is 0 Å². The maximum atomic E-state index is 10.5. The van der Waals surface area contributed by atoms with Crippen LogP contribution in [0, 0.1) is 0 Å². The summed E-state index contributed by atoms with van der Waals surface area (Å²) in [7, 11) is 0. The molecule has 0 aliphatic rings. The van der Waals surface area contributed by atoms with Gasteiger partial charge in [-0.05, 0) is 17.7 Å². The molecule has 0 saturated heterocycles. The third-order valence-corrected chi connectivity index (χ3v) is 2.12. The van der Waals surface area contributed by atoms with E-state index in [9.17, 15) is 9.59 Å². The molecule has 7 heteroatoms. The minimum absolute atomic E-state index is 0.0955. The molecule has 0 unspecified atom stereocenters. The van der Waals surface area contributed by atoms with E-state index in [2.05, 4.69) is 10.2 Å². The fraction of sp³-hybridized carbons (Fsp3) is 0.200. The number of aromatic nitrogens is 3. The number of hydrogen-bond donors (Lipinski definition) is 2. The molecule has 2 N–H and O–H groups in total. The average molecular weight is 235 g/mol. The van der Waals surface area contributed by atoms with Crippen molar-refractivity contribution in [2.24, 2.45) is 0 Å². The first kappa shape index (κ1) is 11.1. The van der Waals surface area contributed by atoms with Crippen molar-refractivity contribution in [3.63, 3.8) is 0 Å². The van der Waals surface area contributed by atoms with Gasteiger partial charge in [-0.25, -0.2) is 0 Å². The van der Waals surface area contributed by atoms with E-state index in [1.54, 1.807) is 18.2 Å². The monoisotopic (exact) mass is 235 g/mol. The largest absolute Gasteiger partial charge is 0.481 e. The molecule has 2 rings (SSSR count). The number of fused-ring (bicyclic) bond motifs is 1.